The second-order valence-corrected chi connectivity index (χ2v) is 6.28. The number of nitrogens with zero attached hydrogens (tertiary/aromatic N) is 2. The second-order valence-electron chi connectivity index (χ2n) is 6.28. The van der Waals surface area contributed by atoms with Crippen LogP contribution in [0.25, 0.3) is 0 Å². The topological polar surface area (TPSA) is 123 Å². The number of carbonyl (C=O) groups excluding carboxylic acids is 2. The Morgan fingerprint density at radius 2 is 1.77 bits per heavy atom. The minimum absolute atomic E-state index is 0.118. The molecule has 2 N–H and O–H groups in total. The van der Waals surface area contributed by atoms with Crippen LogP contribution in [0.3, 0.4) is 0 Å². The molecule has 3 aromatic rings. The number of hydrogen-bond acceptors (Lipinski definition) is 6. The Morgan fingerprint density at radius 1 is 1.00 bits per heavy atom. The molecule has 0 radical (unpaired) electrons. The van der Waals surface area contributed by atoms with Crippen LogP contribution in [0.2, 0.25) is 0 Å². The third-order valence-electron chi connectivity index (χ3n) is 3.98. The largest absolute Gasteiger partial charge is 0.484 e. The van der Waals surface area contributed by atoms with Crippen LogP contribution in [0.1, 0.15) is 15.9 Å². The number of nitrogens with one attached hydrogen (secondary N) is 2. The third-order valence-corrected chi connectivity index (χ3v) is 3.98. The maximum Gasteiger partial charge on any atom is 0.271 e. The average Bonchev–Trinajstić information content (AvgIpc) is 2.79. The van der Waals surface area contributed by atoms with E-state index in [1.165, 1.54) is 30.5 Å². The number of hydrazone groups is 1. The number of ether oxygens (including phenoxy) is 1. The predicted octanol–water partition coefficient (Wildman–Crippen LogP) is 3.38. The molecule has 0 saturated heterocycles. The minimum atomic E-state index is -0.579. The van der Waals surface area contributed by atoms with Gasteiger partial charge in [-0.15, -0.1) is 0 Å². The van der Waals surface area contributed by atoms with Crippen LogP contribution in [0, 0.1) is 10.1 Å². The van der Waals surface area contributed by atoms with Gasteiger partial charge in [0.1, 0.15) is 5.75 Å². The van der Waals surface area contributed by atoms with E-state index in [2.05, 4.69) is 15.8 Å². The molecular weight excluding hydrogens is 400 g/mol. The lowest BCUT2D eigenvalue weighted by Crippen LogP contribution is -2.20. The number of benzene rings is 3. The summed E-state index contributed by atoms with van der Waals surface area (Å²) in [6.45, 7) is -0.168. The average molecular weight is 418 g/mol. The van der Waals surface area contributed by atoms with Crippen LogP contribution in [0.15, 0.2) is 84.0 Å². The Bertz CT molecular complexity index is 1120. The SMILES string of the molecule is O=C(COc1cccc(/C=N/NC(=O)c2cccc([N+](=O)[O-])c2)c1)Nc1ccccc1. The molecule has 3 rings (SSSR count). The quantitative estimate of drug-likeness (QED) is 0.330. The van der Waals surface area contributed by atoms with Gasteiger partial charge in [0, 0.05) is 23.4 Å². The van der Waals surface area contributed by atoms with Gasteiger partial charge in [0.2, 0.25) is 0 Å². The number of nitro groups is 1. The number of rotatable bonds is 8. The maximum atomic E-state index is 12.1. The van der Waals surface area contributed by atoms with Gasteiger partial charge in [-0.1, -0.05) is 36.4 Å². The molecular formula is C22H18N4O5. The summed E-state index contributed by atoms with van der Waals surface area (Å²) in [4.78, 5) is 34.3. The first-order chi connectivity index (χ1) is 15.0. The monoisotopic (exact) mass is 418 g/mol. The summed E-state index contributed by atoms with van der Waals surface area (Å²) in [5, 5.41) is 17.4. The highest BCUT2D eigenvalue weighted by atomic mass is 16.6. The molecule has 0 aliphatic carbocycles. The molecule has 3 aromatic carbocycles. The van der Waals surface area contributed by atoms with Crippen molar-refractivity contribution in [2.24, 2.45) is 5.10 Å². The number of anilines is 1. The molecule has 0 atom stereocenters. The van der Waals surface area contributed by atoms with E-state index in [0.29, 0.717) is 17.0 Å². The van der Waals surface area contributed by atoms with Crippen LogP contribution in [-0.2, 0) is 4.79 Å². The highest BCUT2D eigenvalue weighted by Gasteiger charge is 2.10. The van der Waals surface area contributed by atoms with Crippen LogP contribution in [0.4, 0.5) is 11.4 Å². The summed E-state index contributed by atoms with van der Waals surface area (Å²) in [5.41, 5.74) is 3.55. The van der Waals surface area contributed by atoms with Crippen LogP contribution in [-0.4, -0.2) is 29.6 Å². The van der Waals surface area contributed by atoms with Crippen molar-refractivity contribution in [1.29, 1.82) is 0 Å². The maximum absolute atomic E-state index is 12.1. The summed E-state index contributed by atoms with van der Waals surface area (Å²) in [6, 6.07) is 21.2. The zero-order valence-corrected chi connectivity index (χ0v) is 16.2. The van der Waals surface area contributed by atoms with Crippen molar-refractivity contribution >= 4 is 29.4 Å². The van der Waals surface area contributed by atoms with Gasteiger partial charge in [0.05, 0.1) is 11.1 Å². The number of amides is 2. The Labute approximate surface area is 177 Å². The lowest BCUT2D eigenvalue weighted by atomic mass is 10.2. The normalized spacial score (nSPS) is 10.5. The van der Waals surface area contributed by atoms with E-state index in [1.54, 1.807) is 36.4 Å². The highest BCUT2D eigenvalue weighted by molar-refractivity contribution is 5.95. The third kappa shape index (κ3) is 6.50. The van der Waals surface area contributed by atoms with Gasteiger partial charge < -0.3 is 10.1 Å². The molecule has 9 nitrogen and oxygen atoms in total. The first-order valence-electron chi connectivity index (χ1n) is 9.17. The first-order valence-corrected chi connectivity index (χ1v) is 9.17. The summed E-state index contributed by atoms with van der Waals surface area (Å²) >= 11 is 0. The summed E-state index contributed by atoms with van der Waals surface area (Å²) in [6.07, 6.45) is 1.39. The van der Waals surface area contributed by atoms with Crippen LogP contribution in [0.5, 0.6) is 5.75 Å². The van der Waals surface area contributed by atoms with Crippen molar-refractivity contribution in [2.75, 3.05) is 11.9 Å². The number of non-ortho nitro benzene ring substituents is 1. The lowest BCUT2D eigenvalue weighted by Gasteiger charge is -2.08. The van der Waals surface area contributed by atoms with Crippen molar-refractivity contribution in [2.45, 2.75) is 0 Å². The Balaban J connectivity index is 1.53. The van der Waals surface area contributed by atoms with Gasteiger partial charge in [0.15, 0.2) is 6.61 Å². The standard InChI is InChI=1S/C22H18N4O5/c27-21(24-18-8-2-1-3-9-18)15-31-20-11-4-6-16(12-20)14-23-25-22(28)17-7-5-10-19(13-17)26(29)30/h1-14H,15H2,(H,24,27)(H,25,28)/b23-14+. The smallest absolute Gasteiger partial charge is 0.271 e. The summed E-state index contributed by atoms with van der Waals surface area (Å²) < 4.78 is 5.49. The first kappa shape index (κ1) is 21.2. The van der Waals surface area contributed by atoms with Crippen molar-refractivity contribution in [3.63, 3.8) is 0 Å². The molecule has 31 heavy (non-hydrogen) atoms. The van der Waals surface area contributed by atoms with E-state index in [9.17, 15) is 19.7 Å². The second kappa shape index (κ2) is 10.3. The molecule has 0 unspecified atom stereocenters. The molecule has 156 valence electrons. The van der Waals surface area contributed by atoms with Crippen LogP contribution >= 0.6 is 0 Å². The molecule has 0 aliphatic rings. The van der Waals surface area contributed by atoms with E-state index in [1.807, 2.05) is 18.2 Å². The summed E-state index contributed by atoms with van der Waals surface area (Å²) in [7, 11) is 0. The van der Waals surface area contributed by atoms with E-state index >= 15 is 0 Å². The zero-order chi connectivity index (χ0) is 22.1. The van der Waals surface area contributed by atoms with E-state index in [0.717, 1.165) is 0 Å². The molecule has 9 heteroatoms. The van der Waals surface area contributed by atoms with Gasteiger partial charge in [-0.2, -0.15) is 5.10 Å². The van der Waals surface area contributed by atoms with Crippen molar-refractivity contribution in [3.05, 3.63) is 100 Å². The van der Waals surface area contributed by atoms with Gasteiger partial charge in [-0.05, 0) is 35.9 Å². The van der Waals surface area contributed by atoms with Crippen molar-refractivity contribution in [1.82, 2.24) is 5.43 Å². The molecule has 0 aromatic heterocycles. The Morgan fingerprint density at radius 3 is 2.55 bits per heavy atom. The molecule has 0 fully saturated rings. The van der Waals surface area contributed by atoms with Gasteiger partial charge in [-0.3, -0.25) is 19.7 Å². The number of carbonyl (C=O) groups is 2. The van der Waals surface area contributed by atoms with E-state index in [-0.39, 0.29) is 23.8 Å². The van der Waals surface area contributed by atoms with Gasteiger partial charge in [0.25, 0.3) is 17.5 Å². The molecule has 2 amide bonds. The van der Waals surface area contributed by atoms with Crippen molar-refractivity contribution in [3.8, 4) is 5.75 Å². The van der Waals surface area contributed by atoms with Crippen molar-refractivity contribution < 1.29 is 19.2 Å². The minimum Gasteiger partial charge on any atom is -0.484 e. The fourth-order valence-electron chi connectivity index (χ4n) is 2.54. The molecule has 0 spiro atoms. The number of hydrogen-bond donors (Lipinski definition) is 2. The lowest BCUT2D eigenvalue weighted by molar-refractivity contribution is -0.384. The molecule has 0 heterocycles. The molecule has 0 bridgehead atoms. The van der Waals surface area contributed by atoms with E-state index < -0.39 is 10.8 Å². The van der Waals surface area contributed by atoms with E-state index in [4.69, 9.17) is 4.74 Å². The highest BCUT2D eigenvalue weighted by Crippen LogP contribution is 2.14. The molecule has 0 aliphatic heterocycles. The molecule has 0 saturated carbocycles. The fraction of sp³-hybridized carbons (Fsp3) is 0.0455. The fourth-order valence-corrected chi connectivity index (χ4v) is 2.54. The Hall–Kier alpha value is -4.53. The summed E-state index contributed by atoms with van der Waals surface area (Å²) in [5.74, 6) is -0.420. The predicted molar refractivity (Wildman–Crippen MR) is 115 cm³/mol. The number of para-hydroxylation sites is 1. The Kier molecular flexibility index (Phi) is 7.04. The zero-order valence-electron chi connectivity index (χ0n) is 16.2. The van der Waals surface area contributed by atoms with Gasteiger partial charge >= 0.3 is 0 Å². The number of nitro benzene ring substituents is 1. The van der Waals surface area contributed by atoms with Crippen LogP contribution < -0.4 is 15.5 Å². The van der Waals surface area contributed by atoms with Gasteiger partial charge in [-0.25, -0.2) is 5.43 Å².